The second-order valence-electron chi connectivity index (χ2n) is 6.73. The molecular weight excluding hydrogens is 294 g/mol. The summed E-state index contributed by atoms with van der Waals surface area (Å²) in [5.41, 5.74) is 2.46. The molecule has 0 spiro atoms. The summed E-state index contributed by atoms with van der Waals surface area (Å²) in [5.74, 6) is -0.401. The first kappa shape index (κ1) is 16.0. The van der Waals surface area contributed by atoms with Gasteiger partial charge < -0.3 is 14.7 Å². The fourth-order valence-corrected chi connectivity index (χ4v) is 3.25. The Kier molecular flexibility index (Phi) is 4.39. The lowest BCUT2D eigenvalue weighted by molar-refractivity contribution is -0.158. The molecule has 23 heavy (non-hydrogen) atoms. The third-order valence-corrected chi connectivity index (χ3v) is 4.84. The van der Waals surface area contributed by atoms with Crippen molar-refractivity contribution in [1.29, 1.82) is 0 Å². The molecule has 1 aromatic rings. The second kappa shape index (κ2) is 6.32. The van der Waals surface area contributed by atoms with Gasteiger partial charge in [-0.2, -0.15) is 0 Å². The van der Waals surface area contributed by atoms with Gasteiger partial charge in [0.15, 0.2) is 6.04 Å². The lowest BCUT2D eigenvalue weighted by atomic mass is 10.00. The quantitative estimate of drug-likeness (QED) is 0.925. The zero-order chi connectivity index (χ0) is 16.6. The van der Waals surface area contributed by atoms with Gasteiger partial charge in [-0.25, -0.2) is 4.79 Å². The van der Waals surface area contributed by atoms with E-state index in [0.717, 1.165) is 6.42 Å². The minimum Gasteiger partial charge on any atom is -0.480 e. The average molecular weight is 317 g/mol. The van der Waals surface area contributed by atoms with Crippen LogP contribution in [-0.4, -0.2) is 47.7 Å². The van der Waals surface area contributed by atoms with E-state index in [1.54, 1.807) is 0 Å². The van der Waals surface area contributed by atoms with Gasteiger partial charge in [-0.3, -0.25) is 4.79 Å². The first-order valence-corrected chi connectivity index (χ1v) is 8.20. The molecule has 2 aliphatic rings. The number of carbonyl (C=O) groups is 2. The van der Waals surface area contributed by atoms with E-state index in [9.17, 15) is 14.7 Å². The van der Waals surface area contributed by atoms with Crippen molar-refractivity contribution in [2.24, 2.45) is 5.92 Å². The fourth-order valence-electron chi connectivity index (χ4n) is 3.25. The summed E-state index contributed by atoms with van der Waals surface area (Å²) in [7, 11) is 0. The highest BCUT2D eigenvalue weighted by Crippen LogP contribution is 2.48. The molecule has 5 nitrogen and oxygen atoms in total. The van der Waals surface area contributed by atoms with Gasteiger partial charge in [-0.15, -0.1) is 0 Å². The molecule has 3 unspecified atom stereocenters. The first-order chi connectivity index (χ1) is 11.0. The monoisotopic (exact) mass is 317 g/mol. The van der Waals surface area contributed by atoms with E-state index in [1.807, 2.05) is 0 Å². The molecule has 1 saturated carbocycles. The number of ether oxygens (including phenoxy) is 1. The Hall–Kier alpha value is -1.88. The maximum absolute atomic E-state index is 12.6. The van der Waals surface area contributed by atoms with E-state index in [2.05, 4.69) is 38.1 Å². The normalized spacial score (nSPS) is 27.1. The minimum atomic E-state index is -0.989. The summed E-state index contributed by atoms with van der Waals surface area (Å²) < 4.78 is 5.20. The highest BCUT2D eigenvalue weighted by molar-refractivity contribution is 5.88. The van der Waals surface area contributed by atoms with Crippen molar-refractivity contribution in [1.82, 2.24) is 4.90 Å². The Labute approximate surface area is 136 Å². The number of hydrogen-bond acceptors (Lipinski definition) is 3. The van der Waals surface area contributed by atoms with Crippen molar-refractivity contribution >= 4 is 11.9 Å². The van der Waals surface area contributed by atoms with E-state index in [1.165, 1.54) is 16.0 Å². The number of aliphatic carboxylic acids is 1. The van der Waals surface area contributed by atoms with Crippen LogP contribution in [0, 0.1) is 5.92 Å². The number of benzene rings is 1. The summed E-state index contributed by atoms with van der Waals surface area (Å²) in [4.78, 5) is 25.4. The number of carbonyl (C=O) groups excluding carboxylic acids is 1. The van der Waals surface area contributed by atoms with Crippen LogP contribution in [0.2, 0.25) is 0 Å². The molecule has 1 aliphatic carbocycles. The number of nitrogens with zero attached hydrogens (tertiary/aromatic N) is 1. The van der Waals surface area contributed by atoms with Gasteiger partial charge in [-0.05, 0) is 29.4 Å². The van der Waals surface area contributed by atoms with Crippen molar-refractivity contribution in [2.45, 2.75) is 38.1 Å². The van der Waals surface area contributed by atoms with Gasteiger partial charge in [-0.1, -0.05) is 38.1 Å². The molecule has 1 aliphatic heterocycles. The Morgan fingerprint density at radius 2 is 1.96 bits per heavy atom. The highest BCUT2D eigenvalue weighted by Gasteiger charge is 2.48. The van der Waals surface area contributed by atoms with Crippen LogP contribution >= 0.6 is 0 Å². The van der Waals surface area contributed by atoms with Crippen molar-refractivity contribution in [3.8, 4) is 0 Å². The van der Waals surface area contributed by atoms with E-state index in [4.69, 9.17) is 4.74 Å². The van der Waals surface area contributed by atoms with Gasteiger partial charge in [0, 0.05) is 12.5 Å². The van der Waals surface area contributed by atoms with E-state index in [-0.39, 0.29) is 24.3 Å². The summed E-state index contributed by atoms with van der Waals surface area (Å²) in [6.07, 6.45) is 0.809. The summed E-state index contributed by atoms with van der Waals surface area (Å²) in [5, 5.41) is 9.25. The number of carboxylic acids is 1. The van der Waals surface area contributed by atoms with Crippen LogP contribution < -0.4 is 0 Å². The Bertz CT molecular complexity index is 596. The zero-order valence-corrected chi connectivity index (χ0v) is 13.6. The third-order valence-electron chi connectivity index (χ3n) is 4.84. The molecule has 0 aromatic heterocycles. The molecule has 1 aromatic carbocycles. The Morgan fingerprint density at radius 3 is 2.57 bits per heavy atom. The van der Waals surface area contributed by atoms with Gasteiger partial charge in [0.05, 0.1) is 13.2 Å². The van der Waals surface area contributed by atoms with E-state index >= 15 is 0 Å². The van der Waals surface area contributed by atoms with E-state index in [0.29, 0.717) is 19.1 Å². The molecule has 3 rings (SSSR count). The van der Waals surface area contributed by atoms with Gasteiger partial charge >= 0.3 is 5.97 Å². The summed E-state index contributed by atoms with van der Waals surface area (Å²) in [6, 6.07) is 7.59. The average Bonchev–Trinajstić information content (AvgIpc) is 3.35. The molecule has 2 fully saturated rings. The van der Waals surface area contributed by atoms with Crippen molar-refractivity contribution in [2.75, 3.05) is 19.8 Å². The van der Waals surface area contributed by atoms with Crippen LogP contribution in [0.1, 0.15) is 43.2 Å². The largest absolute Gasteiger partial charge is 0.480 e. The number of carboxylic acid groups (broad SMARTS) is 1. The SMILES string of the molecule is CC(C)c1ccc(C2CC2C(=O)N2CCOCC2C(=O)O)cc1. The molecule has 0 radical (unpaired) electrons. The van der Waals surface area contributed by atoms with Crippen LogP contribution in [0.3, 0.4) is 0 Å². The smallest absolute Gasteiger partial charge is 0.328 e. The van der Waals surface area contributed by atoms with E-state index < -0.39 is 12.0 Å². The maximum Gasteiger partial charge on any atom is 0.328 e. The maximum atomic E-state index is 12.6. The number of morpholine rings is 1. The van der Waals surface area contributed by atoms with Gasteiger partial charge in [0.2, 0.25) is 5.91 Å². The van der Waals surface area contributed by atoms with Crippen LogP contribution in [-0.2, 0) is 14.3 Å². The zero-order valence-electron chi connectivity index (χ0n) is 13.6. The molecule has 1 heterocycles. The molecule has 3 atom stereocenters. The molecule has 124 valence electrons. The highest BCUT2D eigenvalue weighted by atomic mass is 16.5. The van der Waals surface area contributed by atoms with Crippen LogP contribution in [0.15, 0.2) is 24.3 Å². The topological polar surface area (TPSA) is 66.8 Å². The van der Waals surface area contributed by atoms with Crippen molar-refractivity contribution in [3.63, 3.8) is 0 Å². The summed E-state index contributed by atoms with van der Waals surface area (Å²) in [6.45, 7) is 5.18. The molecule has 1 amide bonds. The standard InChI is InChI=1S/C18H23NO4/c1-11(2)12-3-5-13(6-4-12)14-9-15(14)17(20)19-7-8-23-10-16(19)18(21)22/h3-6,11,14-16H,7-10H2,1-2H3,(H,21,22). The Morgan fingerprint density at radius 1 is 1.26 bits per heavy atom. The third kappa shape index (κ3) is 3.24. The predicted octanol–water partition coefficient (Wildman–Crippen LogP) is 2.23. The number of rotatable bonds is 4. The molecular formula is C18H23NO4. The molecule has 1 N–H and O–H groups in total. The molecule has 1 saturated heterocycles. The minimum absolute atomic E-state index is 0.0429. The Balaban J connectivity index is 1.67. The summed E-state index contributed by atoms with van der Waals surface area (Å²) >= 11 is 0. The van der Waals surface area contributed by atoms with Crippen molar-refractivity contribution in [3.05, 3.63) is 35.4 Å². The number of hydrogen-bond donors (Lipinski definition) is 1. The van der Waals surface area contributed by atoms with Crippen LogP contribution in [0.5, 0.6) is 0 Å². The van der Waals surface area contributed by atoms with Crippen LogP contribution in [0.25, 0.3) is 0 Å². The fraction of sp³-hybridized carbons (Fsp3) is 0.556. The number of amides is 1. The lowest BCUT2D eigenvalue weighted by Crippen LogP contribution is -2.53. The van der Waals surface area contributed by atoms with Crippen molar-refractivity contribution < 1.29 is 19.4 Å². The van der Waals surface area contributed by atoms with Gasteiger partial charge in [0.1, 0.15) is 0 Å². The molecule has 5 heteroatoms. The van der Waals surface area contributed by atoms with Gasteiger partial charge in [0.25, 0.3) is 0 Å². The molecule has 0 bridgehead atoms. The first-order valence-electron chi connectivity index (χ1n) is 8.20. The predicted molar refractivity (Wildman–Crippen MR) is 85.3 cm³/mol. The lowest BCUT2D eigenvalue weighted by Gasteiger charge is -2.33. The van der Waals surface area contributed by atoms with Crippen LogP contribution in [0.4, 0.5) is 0 Å². The second-order valence-corrected chi connectivity index (χ2v) is 6.73.